The maximum absolute atomic E-state index is 5.62. The van der Waals surface area contributed by atoms with Crippen LogP contribution in [0, 0.1) is 11.8 Å². The smallest absolute Gasteiger partial charge is 0.121 e. The van der Waals surface area contributed by atoms with Crippen LogP contribution in [0.1, 0.15) is 25.1 Å². The molecule has 1 atom stereocenters. The molecule has 0 fully saturated rings. The topological polar surface area (TPSA) is 51.2 Å². The van der Waals surface area contributed by atoms with E-state index in [0.29, 0.717) is 6.54 Å². The van der Waals surface area contributed by atoms with Gasteiger partial charge in [-0.15, -0.1) is 11.8 Å². The van der Waals surface area contributed by atoms with E-state index in [0.717, 1.165) is 18.7 Å². The molecule has 0 bridgehead atoms. The van der Waals surface area contributed by atoms with E-state index in [1.54, 1.807) is 6.26 Å². The Balaban J connectivity index is 2.35. The van der Waals surface area contributed by atoms with Gasteiger partial charge < -0.3 is 15.5 Å². The van der Waals surface area contributed by atoms with E-state index >= 15 is 0 Å². The summed E-state index contributed by atoms with van der Waals surface area (Å²) in [4.78, 5) is 0. The van der Waals surface area contributed by atoms with Crippen molar-refractivity contribution in [3.63, 3.8) is 0 Å². The van der Waals surface area contributed by atoms with Crippen LogP contribution in [0.2, 0.25) is 0 Å². The second-order valence-electron chi connectivity index (χ2n) is 2.93. The van der Waals surface area contributed by atoms with Crippen molar-refractivity contribution in [3.05, 3.63) is 24.2 Å². The minimum absolute atomic E-state index is 0.101. The van der Waals surface area contributed by atoms with Crippen molar-refractivity contribution >= 4 is 0 Å². The molecule has 76 valence electrons. The second-order valence-corrected chi connectivity index (χ2v) is 2.93. The van der Waals surface area contributed by atoms with E-state index in [2.05, 4.69) is 17.2 Å². The highest BCUT2D eigenvalue weighted by atomic mass is 16.3. The first kappa shape index (κ1) is 10.8. The molecule has 0 aliphatic carbocycles. The van der Waals surface area contributed by atoms with E-state index in [4.69, 9.17) is 10.2 Å². The summed E-state index contributed by atoms with van der Waals surface area (Å²) in [5.74, 6) is 6.72. The summed E-state index contributed by atoms with van der Waals surface area (Å²) in [7, 11) is 0. The largest absolute Gasteiger partial charge is 0.468 e. The van der Waals surface area contributed by atoms with Crippen LogP contribution in [0.25, 0.3) is 0 Å². The van der Waals surface area contributed by atoms with Crippen molar-refractivity contribution in [1.29, 1.82) is 0 Å². The molecule has 1 unspecified atom stereocenters. The van der Waals surface area contributed by atoms with Gasteiger partial charge in [0.05, 0.1) is 12.3 Å². The van der Waals surface area contributed by atoms with Crippen molar-refractivity contribution in [3.8, 4) is 11.8 Å². The summed E-state index contributed by atoms with van der Waals surface area (Å²) in [5.41, 5.74) is 5.62. The Hall–Kier alpha value is -1.24. The van der Waals surface area contributed by atoms with Gasteiger partial charge in [0.2, 0.25) is 0 Å². The molecule has 0 saturated heterocycles. The zero-order chi connectivity index (χ0) is 10.2. The molecule has 0 aliphatic heterocycles. The molecule has 1 rings (SSSR count). The van der Waals surface area contributed by atoms with Gasteiger partial charge in [-0.1, -0.05) is 0 Å². The zero-order valence-corrected chi connectivity index (χ0v) is 8.42. The summed E-state index contributed by atoms with van der Waals surface area (Å²) >= 11 is 0. The molecule has 1 heterocycles. The average molecular weight is 192 g/mol. The van der Waals surface area contributed by atoms with E-state index < -0.39 is 0 Å². The third-order valence-electron chi connectivity index (χ3n) is 1.94. The molecular weight excluding hydrogens is 176 g/mol. The normalized spacial score (nSPS) is 11.9. The van der Waals surface area contributed by atoms with Gasteiger partial charge in [-0.3, -0.25) is 0 Å². The molecule has 0 saturated carbocycles. The van der Waals surface area contributed by atoms with Crippen LogP contribution >= 0.6 is 0 Å². The van der Waals surface area contributed by atoms with Crippen LogP contribution in [0.4, 0.5) is 0 Å². The average Bonchev–Trinajstić information content (AvgIpc) is 2.71. The van der Waals surface area contributed by atoms with Gasteiger partial charge in [-0.2, -0.15) is 0 Å². The summed E-state index contributed by atoms with van der Waals surface area (Å²) in [6.45, 7) is 3.21. The van der Waals surface area contributed by atoms with E-state index in [9.17, 15) is 0 Å². The monoisotopic (exact) mass is 192 g/mol. The summed E-state index contributed by atoms with van der Waals surface area (Å²) in [6, 6.07) is 3.89. The molecule has 3 heteroatoms. The summed E-state index contributed by atoms with van der Waals surface area (Å²) in [6.07, 6.45) is 2.50. The third-order valence-corrected chi connectivity index (χ3v) is 1.94. The van der Waals surface area contributed by atoms with Crippen LogP contribution in [-0.4, -0.2) is 13.1 Å². The van der Waals surface area contributed by atoms with Gasteiger partial charge in [0.15, 0.2) is 0 Å². The molecule has 0 amide bonds. The first-order valence-corrected chi connectivity index (χ1v) is 4.75. The molecule has 14 heavy (non-hydrogen) atoms. The number of rotatable bonds is 5. The fraction of sp³-hybridized carbons (Fsp3) is 0.455. The SMILES string of the molecule is CC#CCCNC(CN)c1ccco1. The zero-order valence-electron chi connectivity index (χ0n) is 8.42. The van der Waals surface area contributed by atoms with Crippen molar-refractivity contribution in [2.45, 2.75) is 19.4 Å². The van der Waals surface area contributed by atoms with E-state index in [1.165, 1.54) is 0 Å². The Morgan fingerprint density at radius 1 is 1.64 bits per heavy atom. The van der Waals surface area contributed by atoms with Crippen molar-refractivity contribution in [2.24, 2.45) is 5.73 Å². The van der Waals surface area contributed by atoms with Crippen molar-refractivity contribution in [1.82, 2.24) is 5.32 Å². The molecule has 3 nitrogen and oxygen atoms in total. The van der Waals surface area contributed by atoms with Crippen molar-refractivity contribution < 1.29 is 4.42 Å². The van der Waals surface area contributed by atoms with Gasteiger partial charge in [0, 0.05) is 19.5 Å². The highest BCUT2D eigenvalue weighted by Gasteiger charge is 2.10. The van der Waals surface area contributed by atoms with Crippen LogP contribution in [-0.2, 0) is 0 Å². The highest BCUT2D eigenvalue weighted by Crippen LogP contribution is 2.11. The molecular formula is C11H16N2O. The Bertz CT molecular complexity index is 295. The van der Waals surface area contributed by atoms with Gasteiger partial charge in [-0.25, -0.2) is 0 Å². The highest BCUT2D eigenvalue weighted by molar-refractivity contribution is 5.05. The lowest BCUT2D eigenvalue weighted by Gasteiger charge is -2.12. The Morgan fingerprint density at radius 2 is 2.50 bits per heavy atom. The predicted molar refractivity (Wildman–Crippen MR) is 56.6 cm³/mol. The minimum atomic E-state index is 0.101. The van der Waals surface area contributed by atoms with E-state index in [1.807, 2.05) is 19.1 Å². The Labute approximate surface area is 84.7 Å². The van der Waals surface area contributed by atoms with Crippen molar-refractivity contribution in [2.75, 3.05) is 13.1 Å². The molecule has 3 N–H and O–H groups in total. The predicted octanol–water partition coefficient (Wildman–Crippen LogP) is 1.28. The fourth-order valence-corrected chi connectivity index (χ4v) is 1.22. The molecule has 1 aromatic heterocycles. The van der Waals surface area contributed by atoms with Crippen LogP contribution in [0.3, 0.4) is 0 Å². The molecule has 0 aliphatic rings. The molecule has 0 radical (unpaired) electrons. The van der Waals surface area contributed by atoms with Crippen LogP contribution < -0.4 is 11.1 Å². The van der Waals surface area contributed by atoms with E-state index in [-0.39, 0.29) is 6.04 Å². The van der Waals surface area contributed by atoms with Gasteiger partial charge in [0.25, 0.3) is 0 Å². The maximum atomic E-state index is 5.62. The van der Waals surface area contributed by atoms with Crippen LogP contribution in [0.15, 0.2) is 22.8 Å². The molecule has 0 aromatic carbocycles. The molecule has 1 aromatic rings. The number of nitrogens with one attached hydrogen (secondary N) is 1. The lowest BCUT2D eigenvalue weighted by molar-refractivity contribution is 0.420. The quantitative estimate of drug-likeness (QED) is 0.546. The van der Waals surface area contributed by atoms with Gasteiger partial charge >= 0.3 is 0 Å². The standard InChI is InChI=1S/C11H16N2O/c1-2-3-4-7-13-10(9-12)11-6-5-8-14-11/h5-6,8,10,13H,4,7,9,12H2,1H3. The lowest BCUT2D eigenvalue weighted by atomic mass is 10.2. The number of hydrogen-bond acceptors (Lipinski definition) is 3. The van der Waals surface area contributed by atoms with Gasteiger partial charge in [-0.05, 0) is 19.1 Å². The number of furan rings is 1. The maximum Gasteiger partial charge on any atom is 0.121 e. The first-order valence-electron chi connectivity index (χ1n) is 4.75. The number of hydrogen-bond donors (Lipinski definition) is 2. The Kier molecular flexibility index (Phi) is 4.84. The second kappa shape index (κ2) is 6.25. The Morgan fingerprint density at radius 3 is 3.07 bits per heavy atom. The number of nitrogens with two attached hydrogens (primary N) is 1. The lowest BCUT2D eigenvalue weighted by Crippen LogP contribution is -2.28. The fourth-order valence-electron chi connectivity index (χ4n) is 1.22. The van der Waals surface area contributed by atoms with Gasteiger partial charge in [0.1, 0.15) is 5.76 Å². The first-order chi connectivity index (χ1) is 6.88. The summed E-state index contributed by atoms with van der Waals surface area (Å²) < 4.78 is 5.27. The summed E-state index contributed by atoms with van der Waals surface area (Å²) in [5, 5.41) is 3.29. The minimum Gasteiger partial charge on any atom is -0.468 e. The molecule has 0 spiro atoms. The van der Waals surface area contributed by atoms with Crippen LogP contribution in [0.5, 0.6) is 0 Å². The third kappa shape index (κ3) is 3.25.